The zero-order valence-corrected chi connectivity index (χ0v) is 35.4. The molecule has 3 rings (SSSR count). The molecule has 4 N–H and O–H groups in total. The zero-order valence-electron chi connectivity index (χ0n) is 35.4. The number of hydrogen-bond acceptors (Lipinski definition) is 13. The fourth-order valence-corrected chi connectivity index (χ4v) is 8.60. The molecule has 14 nitrogen and oxygen atoms in total. The van der Waals surface area contributed by atoms with Gasteiger partial charge in [0.05, 0.1) is 30.3 Å². The number of carbonyl (C=O) groups excluding carboxylic acids is 3. The molecule has 0 aromatic carbocycles. The third-order valence-electron chi connectivity index (χ3n) is 11.7. The van der Waals surface area contributed by atoms with Crippen molar-refractivity contribution < 1.29 is 58.1 Å². The first-order valence-corrected chi connectivity index (χ1v) is 19.8. The highest BCUT2D eigenvalue weighted by molar-refractivity contribution is 5.96. The number of likely N-dealkylation sites (N-methyl/N-ethyl adjacent to an activating group) is 1. The van der Waals surface area contributed by atoms with Crippen LogP contribution in [0.5, 0.6) is 0 Å². The summed E-state index contributed by atoms with van der Waals surface area (Å²) in [6.45, 7) is 22.9. The number of rotatable bonds is 9. The van der Waals surface area contributed by atoms with E-state index in [1.54, 1.807) is 48.5 Å². The summed E-state index contributed by atoms with van der Waals surface area (Å²) >= 11 is 0. The van der Waals surface area contributed by atoms with Crippen molar-refractivity contribution >= 4 is 17.8 Å². The summed E-state index contributed by atoms with van der Waals surface area (Å²) in [5.41, 5.74) is -3.71. The van der Waals surface area contributed by atoms with Crippen LogP contribution in [0.3, 0.4) is 0 Å². The number of carbonyl (C=O) groups is 3. The Hall–Kier alpha value is -2.43. The molecule has 2 saturated heterocycles. The minimum atomic E-state index is -1.71. The van der Waals surface area contributed by atoms with Crippen molar-refractivity contribution in [3.8, 4) is 0 Å². The largest absolute Gasteiger partial charge is 0.459 e. The first kappa shape index (κ1) is 46.9. The second-order valence-electron chi connectivity index (χ2n) is 17.5. The SMILES string of the molecule is C=CCNC(=O)O[C@]1(C)C[C@@H](C)C(=O)/C(C)=C/[C@](C)(O)[C@@H](CC)OC(=O)[C@H](C)[C@@H](O[C@H]2CC(C)(C)[C@@H](O)[C@H](C)O2)[C@H](C)[C@H]1O[C@@H]1O[C@H](C)C[C@H](N(C)C)[C@H]1O. The molecule has 55 heavy (non-hydrogen) atoms. The summed E-state index contributed by atoms with van der Waals surface area (Å²) in [5.74, 6) is -3.65. The van der Waals surface area contributed by atoms with Crippen molar-refractivity contribution in [1.29, 1.82) is 0 Å². The van der Waals surface area contributed by atoms with Gasteiger partial charge >= 0.3 is 12.1 Å². The first-order valence-electron chi connectivity index (χ1n) is 19.8. The number of amides is 1. The van der Waals surface area contributed by atoms with Crippen LogP contribution in [0.2, 0.25) is 0 Å². The predicted octanol–water partition coefficient (Wildman–Crippen LogP) is 4.28. The molecule has 3 aliphatic rings. The van der Waals surface area contributed by atoms with Crippen LogP contribution in [0.4, 0.5) is 4.79 Å². The number of hydrogen-bond donors (Lipinski definition) is 4. The predicted molar refractivity (Wildman–Crippen MR) is 206 cm³/mol. The molecule has 1 amide bonds. The van der Waals surface area contributed by atoms with Crippen molar-refractivity contribution in [2.45, 2.75) is 174 Å². The lowest BCUT2D eigenvalue weighted by molar-refractivity contribution is -0.311. The summed E-state index contributed by atoms with van der Waals surface area (Å²) in [5, 5.41) is 36.9. The van der Waals surface area contributed by atoms with Crippen LogP contribution < -0.4 is 5.32 Å². The summed E-state index contributed by atoms with van der Waals surface area (Å²) < 4.78 is 38.4. The van der Waals surface area contributed by atoms with Gasteiger partial charge in [-0.15, -0.1) is 6.58 Å². The van der Waals surface area contributed by atoms with Gasteiger partial charge in [-0.1, -0.05) is 40.7 Å². The molecule has 316 valence electrons. The number of ketones is 1. The number of ether oxygens (including phenoxy) is 6. The van der Waals surface area contributed by atoms with Gasteiger partial charge in [-0.25, -0.2) is 4.79 Å². The Morgan fingerprint density at radius 3 is 2.25 bits per heavy atom. The lowest BCUT2D eigenvalue weighted by atomic mass is 9.75. The summed E-state index contributed by atoms with van der Waals surface area (Å²) in [4.78, 5) is 43.7. The topological polar surface area (TPSA) is 183 Å². The van der Waals surface area contributed by atoms with E-state index >= 15 is 0 Å². The Morgan fingerprint density at radius 2 is 1.69 bits per heavy atom. The van der Waals surface area contributed by atoms with Crippen LogP contribution >= 0.6 is 0 Å². The molecule has 0 aromatic heterocycles. The Bertz CT molecular complexity index is 1370. The first-order chi connectivity index (χ1) is 25.4. The van der Waals surface area contributed by atoms with Gasteiger partial charge in [-0.3, -0.25) is 9.59 Å². The Balaban J connectivity index is 2.31. The molecular formula is C41H70N2O12. The van der Waals surface area contributed by atoms with Crippen LogP contribution in [0.15, 0.2) is 24.3 Å². The molecular weight excluding hydrogens is 712 g/mol. The molecule has 0 aliphatic carbocycles. The quantitative estimate of drug-likeness (QED) is 0.192. The molecule has 3 aliphatic heterocycles. The molecule has 0 radical (unpaired) electrons. The lowest BCUT2D eigenvalue weighted by Gasteiger charge is -2.49. The van der Waals surface area contributed by atoms with Gasteiger partial charge in [0, 0.05) is 30.8 Å². The van der Waals surface area contributed by atoms with E-state index in [0.717, 1.165) is 0 Å². The van der Waals surface area contributed by atoms with Crippen molar-refractivity contribution in [3.05, 3.63) is 24.3 Å². The van der Waals surface area contributed by atoms with Gasteiger partial charge in [0.25, 0.3) is 0 Å². The molecule has 14 heteroatoms. The highest BCUT2D eigenvalue weighted by Crippen LogP contribution is 2.42. The lowest BCUT2D eigenvalue weighted by Crippen LogP contribution is -2.61. The number of nitrogens with one attached hydrogen (secondary N) is 1. The van der Waals surface area contributed by atoms with Crippen molar-refractivity contribution in [1.82, 2.24) is 10.2 Å². The molecule has 3 heterocycles. The van der Waals surface area contributed by atoms with Crippen LogP contribution in [-0.2, 0) is 38.0 Å². The number of cyclic esters (lactones) is 1. The highest BCUT2D eigenvalue weighted by Gasteiger charge is 2.53. The van der Waals surface area contributed by atoms with E-state index in [-0.39, 0.29) is 49.3 Å². The second-order valence-corrected chi connectivity index (χ2v) is 17.5. The number of alkyl carbamates (subject to hydrolysis) is 1. The zero-order chi connectivity index (χ0) is 41.8. The maximum atomic E-state index is 14.2. The van der Waals surface area contributed by atoms with Gasteiger partial charge < -0.3 is 54.0 Å². The maximum Gasteiger partial charge on any atom is 0.408 e. The molecule has 2 fully saturated rings. The molecule has 0 bridgehead atoms. The number of aliphatic hydroxyl groups is 3. The Labute approximate surface area is 328 Å². The monoisotopic (exact) mass is 782 g/mol. The van der Waals surface area contributed by atoms with E-state index in [2.05, 4.69) is 11.9 Å². The van der Waals surface area contributed by atoms with E-state index in [9.17, 15) is 29.7 Å². The second kappa shape index (κ2) is 18.9. The van der Waals surface area contributed by atoms with Gasteiger partial charge in [-0.05, 0) is 92.0 Å². The Kier molecular flexibility index (Phi) is 16.1. The van der Waals surface area contributed by atoms with Gasteiger partial charge in [0.15, 0.2) is 18.4 Å². The standard InChI is InChI=1S/C41H70N2O12/c1-15-17-42-38(48)55-41(12)20-23(4)31(44)22(3)19-40(11,49)29(16-2)52-36(47)26(7)33(53-30-21-39(9,10)34(46)27(8)51-30)25(6)35(41)54-37-32(45)28(43(13)14)18-24(5)50-37/h15,19,23-30,32-35,37,45-46,49H,1,16-18,20-21H2,2-14H3,(H,42,48)/b22-19+/t23-,24-,25+,26-,27+,28+,29-,30+,32-,33+,34+,35-,37+,40+,41-/m1/s1. The average molecular weight is 783 g/mol. The molecule has 0 spiro atoms. The minimum Gasteiger partial charge on any atom is -0.459 e. The molecule has 15 atom stereocenters. The van der Waals surface area contributed by atoms with Crippen molar-refractivity contribution in [2.24, 2.45) is 23.2 Å². The highest BCUT2D eigenvalue weighted by atomic mass is 16.7. The summed E-state index contributed by atoms with van der Waals surface area (Å²) in [6, 6.07) is -0.343. The van der Waals surface area contributed by atoms with Gasteiger partial charge in [0.2, 0.25) is 0 Å². The van der Waals surface area contributed by atoms with E-state index in [1.807, 2.05) is 39.8 Å². The van der Waals surface area contributed by atoms with E-state index in [0.29, 0.717) is 6.42 Å². The summed E-state index contributed by atoms with van der Waals surface area (Å²) in [6.07, 6.45) is -5.09. The van der Waals surface area contributed by atoms with Crippen LogP contribution in [-0.4, -0.2) is 131 Å². The van der Waals surface area contributed by atoms with Crippen molar-refractivity contribution in [2.75, 3.05) is 20.6 Å². The van der Waals surface area contributed by atoms with Crippen LogP contribution in [0.25, 0.3) is 0 Å². The Morgan fingerprint density at radius 1 is 1.05 bits per heavy atom. The van der Waals surface area contributed by atoms with E-state index < -0.39 is 95.6 Å². The smallest absolute Gasteiger partial charge is 0.408 e. The fraction of sp³-hybridized carbons (Fsp3) is 0.829. The average Bonchev–Trinajstić information content (AvgIpc) is 3.08. The van der Waals surface area contributed by atoms with E-state index in [1.165, 1.54) is 19.1 Å². The number of esters is 1. The molecule has 0 saturated carbocycles. The number of Topliss-reactive ketones (excluding diaryl/α,β-unsaturated/α-hetero) is 1. The third kappa shape index (κ3) is 11.4. The molecule has 0 unspecified atom stereocenters. The fourth-order valence-electron chi connectivity index (χ4n) is 8.60. The normalized spacial score (nSPS) is 43.1. The van der Waals surface area contributed by atoms with Crippen molar-refractivity contribution in [3.63, 3.8) is 0 Å². The van der Waals surface area contributed by atoms with E-state index in [4.69, 9.17) is 28.4 Å². The minimum absolute atomic E-state index is 0.0654. The number of aliphatic hydroxyl groups excluding tert-OH is 2. The van der Waals surface area contributed by atoms with Gasteiger partial charge in [-0.2, -0.15) is 0 Å². The number of nitrogens with zero attached hydrogens (tertiary/aromatic N) is 1. The number of allylic oxidation sites excluding steroid dienone is 1. The summed E-state index contributed by atoms with van der Waals surface area (Å²) in [7, 11) is 3.71. The van der Waals surface area contributed by atoms with Crippen LogP contribution in [0.1, 0.15) is 102 Å². The molecule has 0 aromatic rings. The van der Waals surface area contributed by atoms with Gasteiger partial charge in [0.1, 0.15) is 29.5 Å². The van der Waals surface area contributed by atoms with Crippen LogP contribution in [0, 0.1) is 23.2 Å². The third-order valence-corrected chi connectivity index (χ3v) is 11.7. The maximum absolute atomic E-state index is 14.2.